The number of benzene rings is 1. The smallest absolute Gasteiger partial charge is 0.230 e. The molecule has 0 saturated carbocycles. The van der Waals surface area contributed by atoms with Crippen LogP contribution in [0.15, 0.2) is 35.1 Å². The van der Waals surface area contributed by atoms with Crippen molar-refractivity contribution in [1.29, 1.82) is 0 Å². The minimum Gasteiger partial charge on any atom is -0.440 e. The third-order valence-corrected chi connectivity index (χ3v) is 2.87. The number of nitrogens with zero attached hydrogens (tertiary/aromatic N) is 1. The van der Waals surface area contributed by atoms with E-state index in [-0.39, 0.29) is 17.5 Å². The minimum absolute atomic E-state index is 0.117. The van der Waals surface area contributed by atoms with Crippen LogP contribution in [-0.4, -0.2) is 10.8 Å². The highest BCUT2D eigenvalue weighted by atomic mass is 16.3. The Kier molecular flexibility index (Phi) is 3.29. The standard InChI is InChI=1S/C15H13NO2/c1-4-10(2)12-7-5-6-8-13(12)14(17)15-11(3)16-9-18-15/h1,5-10H,2-3H3. The molecule has 1 atom stereocenters. The van der Waals surface area contributed by atoms with Crippen molar-refractivity contribution >= 4 is 5.78 Å². The number of carbonyl (C=O) groups is 1. The normalized spacial score (nSPS) is 11.8. The molecule has 0 N–H and O–H groups in total. The van der Waals surface area contributed by atoms with Gasteiger partial charge in [-0.15, -0.1) is 6.42 Å². The maximum atomic E-state index is 12.4. The van der Waals surface area contributed by atoms with Crippen LogP contribution in [0.3, 0.4) is 0 Å². The van der Waals surface area contributed by atoms with Crippen molar-refractivity contribution in [2.45, 2.75) is 19.8 Å². The summed E-state index contributed by atoms with van der Waals surface area (Å²) in [6.45, 7) is 3.63. The molecule has 0 aliphatic heterocycles. The van der Waals surface area contributed by atoms with E-state index in [0.29, 0.717) is 11.3 Å². The van der Waals surface area contributed by atoms with Crippen molar-refractivity contribution < 1.29 is 9.21 Å². The molecule has 1 heterocycles. The van der Waals surface area contributed by atoms with Gasteiger partial charge in [0.05, 0.1) is 5.69 Å². The first-order valence-electron chi connectivity index (χ1n) is 5.65. The van der Waals surface area contributed by atoms with E-state index in [4.69, 9.17) is 10.8 Å². The molecule has 2 rings (SSSR count). The summed E-state index contributed by atoms with van der Waals surface area (Å²) in [5, 5.41) is 0. The van der Waals surface area contributed by atoms with Crippen LogP contribution in [0.2, 0.25) is 0 Å². The van der Waals surface area contributed by atoms with Crippen LogP contribution < -0.4 is 0 Å². The molecular formula is C15H13NO2. The SMILES string of the molecule is C#CC(C)c1ccccc1C(=O)c1ocnc1C. The molecule has 0 amide bonds. The number of ketones is 1. The monoisotopic (exact) mass is 239 g/mol. The lowest BCUT2D eigenvalue weighted by molar-refractivity contribution is 0.101. The summed E-state index contributed by atoms with van der Waals surface area (Å²) in [7, 11) is 0. The van der Waals surface area contributed by atoms with Crippen molar-refractivity contribution in [2.24, 2.45) is 0 Å². The molecule has 90 valence electrons. The fourth-order valence-electron chi connectivity index (χ4n) is 1.81. The number of hydrogen-bond acceptors (Lipinski definition) is 3. The molecule has 18 heavy (non-hydrogen) atoms. The van der Waals surface area contributed by atoms with E-state index in [2.05, 4.69) is 10.9 Å². The molecule has 3 heteroatoms. The average Bonchev–Trinajstić information content (AvgIpc) is 2.83. The van der Waals surface area contributed by atoms with Gasteiger partial charge in [-0.25, -0.2) is 4.98 Å². The van der Waals surface area contributed by atoms with E-state index in [0.717, 1.165) is 5.56 Å². The summed E-state index contributed by atoms with van der Waals surface area (Å²) in [6.07, 6.45) is 6.70. The summed E-state index contributed by atoms with van der Waals surface area (Å²) in [6, 6.07) is 7.30. The Morgan fingerprint density at radius 3 is 2.78 bits per heavy atom. The highest BCUT2D eigenvalue weighted by Crippen LogP contribution is 2.22. The predicted octanol–water partition coefficient (Wildman–Crippen LogP) is 2.95. The van der Waals surface area contributed by atoms with Crippen molar-refractivity contribution in [1.82, 2.24) is 4.98 Å². The van der Waals surface area contributed by atoms with Gasteiger partial charge in [0.2, 0.25) is 5.78 Å². The van der Waals surface area contributed by atoms with Crippen LogP contribution in [0.5, 0.6) is 0 Å². The molecule has 0 bridgehead atoms. The highest BCUT2D eigenvalue weighted by molar-refractivity contribution is 6.08. The van der Waals surface area contributed by atoms with Crippen molar-refractivity contribution in [3.8, 4) is 12.3 Å². The van der Waals surface area contributed by atoms with Gasteiger partial charge in [-0.05, 0) is 19.4 Å². The Morgan fingerprint density at radius 2 is 2.17 bits per heavy atom. The van der Waals surface area contributed by atoms with Gasteiger partial charge < -0.3 is 4.42 Å². The Bertz CT molecular complexity index is 619. The number of terminal acetylenes is 1. The van der Waals surface area contributed by atoms with Crippen LogP contribution in [0.1, 0.15) is 40.2 Å². The Balaban J connectivity index is 2.50. The first kappa shape index (κ1) is 12.1. The topological polar surface area (TPSA) is 43.1 Å². The summed E-state index contributed by atoms with van der Waals surface area (Å²) in [5.41, 5.74) is 1.99. The quantitative estimate of drug-likeness (QED) is 0.611. The summed E-state index contributed by atoms with van der Waals surface area (Å²) < 4.78 is 5.14. The third-order valence-electron chi connectivity index (χ3n) is 2.87. The molecule has 0 aliphatic carbocycles. The average molecular weight is 239 g/mol. The zero-order chi connectivity index (χ0) is 13.1. The molecular weight excluding hydrogens is 226 g/mol. The van der Waals surface area contributed by atoms with E-state index in [1.165, 1.54) is 6.39 Å². The second-order valence-corrected chi connectivity index (χ2v) is 4.07. The third kappa shape index (κ3) is 2.05. The first-order valence-corrected chi connectivity index (χ1v) is 5.65. The zero-order valence-electron chi connectivity index (χ0n) is 10.3. The fourth-order valence-corrected chi connectivity index (χ4v) is 1.81. The lowest BCUT2D eigenvalue weighted by Crippen LogP contribution is -2.07. The number of hydrogen-bond donors (Lipinski definition) is 0. The number of rotatable bonds is 3. The van der Waals surface area contributed by atoms with Crippen LogP contribution >= 0.6 is 0 Å². The van der Waals surface area contributed by atoms with E-state index >= 15 is 0 Å². The van der Waals surface area contributed by atoms with Gasteiger partial charge in [-0.2, -0.15) is 0 Å². The van der Waals surface area contributed by atoms with Crippen molar-refractivity contribution in [3.63, 3.8) is 0 Å². The lowest BCUT2D eigenvalue weighted by atomic mass is 9.93. The number of oxazole rings is 1. The highest BCUT2D eigenvalue weighted by Gasteiger charge is 2.20. The van der Waals surface area contributed by atoms with Gasteiger partial charge in [0, 0.05) is 11.5 Å². The fraction of sp³-hybridized carbons (Fsp3) is 0.200. The number of carbonyl (C=O) groups excluding carboxylic acids is 1. The zero-order valence-corrected chi connectivity index (χ0v) is 10.3. The number of aromatic nitrogens is 1. The van der Waals surface area contributed by atoms with Gasteiger partial charge in [-0.1, -0.05) is 30.2 Å². The van der Waals surface area contributed by atoms with Crippen LogP contribution in [0, 0.1) is 19.3 Å². The predicted molar refractivity (Wildman–Crippen MR) is 68.4 cm³/mol. The minimum atomic E-state index is -0.178. The summed E-state index contributed by atoms with van der Waals surface area (Å²) in [4.78, 5) is 16.3. The van der Waals surface area contributed by atoms with E-state index in [1.54, 1.807) is 13.0 Å². The lowest BCUT2D eigenvalue weighted by Gasteiger charge is -2.09. The number of aryl methyl sites for hydroxylation is 1. The molecule has 3 nitrogen and oxygen atoms in total. The molecule has 1 aromatic carbocycles. The Hall–Kier alpha value is -2.34. The molecule has 0 fully saturated rings. The van der Waals surface area contributed by atoms with Crippen LogP contribution in [-0.2, 0) is 0 Å². The molecule has 0 aliphatic rings. The molecule has 0 saturated heterocycles. The van der Waals surface area contributed by atoms with E-state index in [9.17, 15) is 4.79 Å². The molecule has 2 aromatic rings. The van der Waals surface area contributed by atoms with Crippen molar-refractivity contribution in [2.75, 3.05) is 0 Å². The maximum Gasteiger partial charge on any atom is 0.230 e. The molecule has 1 unspecified atom stereocenters. The largest absolute Gasteiger partial charge is 0.440 e. The second-order valence-electron chi connectivity index (χ2n) is 4.07. The van der Waals surface area contributed by atoms with Gasteiger partial charge in [0.25, 0.3) is 0 Å². The van der Waals surface area contributed by atoms with Gasteiger partial charge in [0.15, 0.2) is 12.2 Å². The van der Waals surface area contributed by atoms with Gasteiger partial charge in [-0.3, -0.25) is 4.79 Å². The Labute approximate surface area is 106 Å². The van der Waals surface area contributed by atoms with Crippen LogP contribution in [0.25, 0.3) is 0 Å². The van der Waals surface area contributed by atoms with Crippen LogP contribution in [0.4, 0.5) is 0 Å². The first-order chi connectivity index (χ1) is 8.65. The second kappa shape index (κ2) is 4.89. The van der Waals surface area contributed by atoms with E-state index < -0.39 is 0 Å². The molecule has 0 spiro atoms. The van der Waals surface area contributed by atoms with Gasteiger partial charge in [0.1, 0.15) is 0 Å². The molecule has 1 aromatic heterocycles. The molecule has 0 radical (unpaired) electrons. The summed E-state index contributed by atoms with van der Waals surface area (Å²) in [5.74, 6) is 2.61. The Morgan fingerprint density at radius 1 is 1.44 bits per heavy atom. The van der Waals surface area contributed by atoms with Crippen molar-refractivity contribution in [3.05, 3.63) is 53.2 Å². The maximum absolute atomic E-state index is 12.4. The van der Waals surface area contributed by atoms with Gasteiger partial charge >= 0.3 is 0 Å². The summed E-state index contributed by atoms with van der Waals surface area (Å²) >= 11 is 0. The van der Waals surface area contributed by atoms with E-state index in [1.807, 2.05) is 25.1 Å².